The van der Waals surface area contributed by atoms with E-state index in [2.05, 4.69) is 67.0 Å². The standard InChI is InChI=1S/C25H20BrN5O/c1-2-31(20-11-5-8-16-7-3-4-9-17(16)20)24-22(27)25(30-15-29-24)32-21-13-12-19(26)18-10-6-14-28-23(18)21/h3-15H,2,27H2,1H3. The average Bonchev–Trinajstić information content (AvgIpc) is 2.84. The fourth-order valence-electron chi connectivity index (χ4n) is 3.84. The number of nitrogen functional groups attached to an aromatic ring is 1. The predicted molar refractivity (Wildman–Crippen MR) is 133 cm³/mol. The fraction of sp³-hybridized carbons (Fsp3) is 0.0800. The molecule has 0 amide bonds. The number of pyridine rings is 1. The van der Waals surface area contributed by atoms with Crippen LogP contribution >= 0.6 is 15.9 Å². The Hall–Kier alpha value is -3.71. The van der Waals surface area contributed by atoms with E-state index < -0.39 is 0 Å². The predicted octanol–water partition coefficient (Wildman–Crippen LogP) is 6.47. The first-order valence-electron chi connectivity index (χ1n) is 10.2. The van der Waals surface area contributed by atoms with E-state index in [1.54, 1.807) is 6.20 Å². The molecule has 0 radical (unpaired) electrons. The summed E-state index contributed by atoms with van der Waals surface area (Å²) in [6.45, 7) is 2.74. The summed E-state index contributed by atoms with van der Waals surface area (Å²) in [7, 11) is 0. The summed E-state index contributed by atoms with van der Waals surface area (Å²) in [5, 5.41) is 3.23. The number of benzene rings is 3. The van der Waals surface area contributed by atoms with Gasteiger partial charge in [0, 0.05) is 28.0 Å². The molecule has 0 atom stereocenters. The third kappa shape index (κ3) is 3.50. The van der Waals surface area contributed by atoms with Gasteiger partial charge in [-0.2, -0.15) is 4.98 Å². The van der Waals surface area contributed by atoms with Crippen molar-refractivity contribution in [2.75, 3.05) is 17.2 Å². The van der Waals surface area contributed by atoms with Crippen LogP contribution in [0.1, 0.15) is 6.92 Å². The largest absolute Gasteiger partial charge is 0.435 e. The summed E-state index contributed by atoms with van der Waals surface area (Å²) in [5.74, 6) is 1.47. The van der Waals surface area contributed by atoms with E-state index in [9.17, 15) is 0 Å². The van der Waals surface area contributed by atoms with E-state index in [-0.39, 0.29) is 0 Å². The van der Waals surface area contributed by atoms with Gasteiger partial charge < -0.3 is 15.4 Å². The van der Waals surface area contributed by atoms with Crippen LogP contribution in [0.2, 0.25) is 0 Å². The number of rotatable bonds is 5. The number of ether oxygens (including phenoxy) is 1. The molecular formula is C25H20BrN5O. The number of aromatic nitrogens is 3. The molecule has 0 saturated heterocycles. The summed E-state index contributed by atoms with van der Waals surface area (Å²) >= 11 is 3.56. The van der Waals surface area contributed by atoms with Crippen LogP contribution in [0.25, 0.3) is 21.7 Å². The highest BCUT2D eigenvalue weighted by molar-refractivity contribution is 9.10. The van der Waals surface area contributed by atoms with Crippen molar-refractivity contribution in [1.29, 1.82) is 0 Å². The number of hydrogen-bond donors (Lipinski definition) is 1. The van der Waals surface area contributed by atoms with Crippen molar-refractivity contribution in [2.45, 2.75) is 6.92 Å². The molecule has 2 heterocycles. The van der Waals surface area contributed by atoms with Crippen LogP contribution in [-0.4, -0.2) is 21.5 Å². The molecule has 0 bridgehead atoms. The Morgan fingerprint density at radius 1 is 0.906 bits per heavy atom. The number of nitrogens with zero attached hydrogens (tertiary/aromatic N) is 4. The van der Waals surface area contributed by atoms with E-state index in [1.165, 1.54) is 6.33 Å². The van der Waals surface area contributed by atoms with Gasteiger partial charge in [0.15, 0.2) is 11.6 Å². The van der Waals surface area contributed by atoms with Crippen molar-refractivity contribution in [3.8, 4) is 11.6 Å². The molecule has 3 aromatic carbocycles. The van der Waals surface area contributed by atoms with E-state index in [0.29, 0.717) is 29.7 Å². The number of fused-ring (bicyclic) bond motifs is 2. The number of hydrogen-bond acceptors (Lipinski definition) is 6. The smallest absolute Gasteiger partial charge is 0.248 e. The molecule has 2 N–H and O–H groups in total. The molecule has 6 nitrogen and oxygen atoms in total. The van der Waals surface area contributed by atoms with Crippen LogP contribution in [0.3, 0.4) is 0 Å². The highest BCUT2D eigenvalue weighted by Crippen LogP contribution is 2.39. The Morgan fingerprint density at radius 2 is 1.72 bits per heavy atom. The summed E-state index contributed by atoms with van der Waals surface area (Å²) < 4.78 is 7.09. The lowest BCUT2D eigenvalue weighted by Gasteiger charge is -2.25. The molecule has 0 saturated carbocycles. The highest BCUT2D eigenvalue weighted by Gasteiger charge is 2.19. The van der Waals surface area contributed by atoms with Crippen molar-refractivity contribution in [3.63, 3.8) is 0 Å². The topological polar surface area (TPSA) is 77.2 Å². The van der Waals surface area contributed by atoms with E-state index >= 15 is 0 Å². The number of anilines is 3. The van der Waals surface area contributed by atoms with Crippen LogP contribution in [0.4, 0.5) is 17.2 Å². The fourth-order valence-corrected chi connectivity index (χ4v) is 4.30. The summed E-state index contributed by atoms with van der Waals surface area (Å²) in [6.07, 6.45) is 3.21. The van der Waals surface area contributed by atoms with Gasteiger partial charge >= 0.3 is 0 Å². The molecule has 0 aliphatic carbocycles. The molecule has 32 heavy (non-hydrogen) atoms. The second-order valence-electron chi connectivity index (χ2n) is 7.21. The molecule has 0 spiro atoms. The first-order chi connectivity index (χ1) is 15.7. The molecule has 158 valence electrons. The van der Waals surface area contributed by atoms with Gasteiger partial charge in [0.25, 0.3) is 0 Å². The van der Waals surface area contributed by atoms with Gasteiger partial charge in [-0.15, -0.1) is 0 Å². The Kier molecular flexibility index (Phi) is 5.33. The van der Waals surface area contributed by atoms with Crippen LogP contribution < -0.4 is 15.4 Å². The second-order valence-corrected chi connectivity index (χ2v) is 8.06. The minimum Gasteiger partial charge on any atom is -0.435 e. The number of nitrogens with two attached hydrogens (primary N) is 1. The molecule has 0 unspecified atom stereocenters. The van der Waals surface area contributed by atoms with Crippen LogP contribution in [-0.2, 0) is 0 Å². The molecule has 5 aromatic rings. The first kappa shape index (κ1) is 20.2. The quantitative estimate of drug-likeness (QED) is 0.307. The van der Waals surface area contributed by atoms with Gasteiger partial charge in [0.1, 0.15) is 17.5 Å². The number of halogens is 1. The molecule has 2 aromatic heterocycles. The molecule has 0 fully saturated rings. The maximum Gasteiger partial charge on any atom is 0.248 e. The molecule has 0 aliphatic heterocycles. The molecule has 0 aliphatic rings. The van der Waals surface area contributed by atoms with Gasteiger partial charge in [-0.25, -0.2) is 4.98 Å². The average molecular weight is 486 g/mol. The van der Waals surface area contributed by atoms with E-state index in [0.717, 1.165) is 31.8 Å². The monoisotopic (exact) mass is 485 g/mol. The van der Waals surface area contributed by atoms with E-state index in [1.807, 2.05) is 42.5 Å². The minimum absolute atomic E-state index is 0.294. The SMILES string of the molecule is CCN(c1ncnc(Oc2ccc(Br)c3cccnc23)c1N)c1cccc2ccccc12. The first-order valence-corrected chi connectivity index (χ1v) is 11.0. The summed E-state index contributed by atoms with van der Waals surface area (Å²) in [5.41, 5.74) is 8.66. The van der Waals surface area contributed by atoms with Crippen LogP contribution in [0.5, 0.6) is 11.6 Å². The van der Waals surface area contributed by atoms with Crippen molar-refractivity contribution in [3.05, 3.63) is 83.7 Å². The third-order valence-electron chi connectivity index (χ3n) is 5.34. The summed E-state index contributed by atoms with van der Waals surface area (Å²) in [4.78, 5) is 15.4. The molecule has 7 heteroatoms. The van der Waals surface area contributed by atoms with Gasteiger partial charge in [-0.3, -0.25) is 4.98 Å². The summed E-state index contributed by atoms with van der Waals surface area (Å²) in [6, 6.07) is 22.1. The van der Waals surface area contributed by atoms with Crippen LogP contribution in [0, 0.1) is 0 Å². The van der Waals surface area contributed by atoms with Crippen molar-refractivity contribution < 1.29 is 4.74 Å². The lowest BCUT2D eigenvalue weighted by Crippen LogP contribution is -2.19. The van der Waals surface area contributed by atoms with Gasteiger partial charge in [0.2, 0.25) is 5.88 Å². The van der Waals surface area contributed by atoms with Crippen molar-refractivity contribution in [2.24, 2.45) is 0 Å². The van der Waals surface area contributed by atoms with Gasteiger partial charge in [0.05, 0.1) is 5.69 Å². The molecular weight excluding hydrogens is 466 g/mol. The van der Waals surface area contributed by atoms with Crippen molar-refractivity contribution in [1.82, 2.24) is 15.0 Å². The van der Waals surface area contributed by atoms with Crippen LogP contribution in [0.15, 0.2) is 83.7 Å². The maximum atomic E-state index is 6.54. The molecule has 5 rings (SSSR count). The Bertz CT molecular complexity index is 1430. The van der Waals surface area contributed by atoms with Crippen molar-refractivity contribution >= 4 is 54.8 Å². The minimum atomic E-state index is 0.294. The maximum absolute atomic E-state index is 6.54. The zero-order valence-electron chi connectivity index (χ0n) is 17.4. The Balaban J connectivity index is 1.59. The normalized spacial score (nSPS) is 11.1. The second kappa shape index (κ2) is 8.43. The Labute approximate surface area is 193 Å². The zero-order valence-corrected chi connectivity index (χ0v) is 19.0. The lowest BCUT2D eigenvalue weighted by molar-refractivity contribution is 0.468. The Morgan fingerprint density at radius 3 is 2.59 bits per heavy atom. The zero-order chi connectivity index (χ0) is 22.1. The third-order valence-corrected chi connectivity index (χ3v) is 6.03. The van der Waals surface area contributed by atoms with Gasteiger partial charge in [-0.1, -0.05) is 58.4 Å². The highest BCUT2D eigenvalue weighted by atomic mass is 79.9. The van der Waals surface area contributed by atoms with E-state index in [4.69, 9.17) is 10.5 Å². The van der Waals surface area contributed by atoms with Gasteiger partial charge in [-0.05, 0) is 36.6 Å². The lowest BCUT2D eigenvalue weighted by atomic mass is 10.1.